The number of likely N-dealkylation sites (tertiary alicyclic amines) is 1. The van der Waals surface area contributed by atoms with Crippen LogP contribution in [-0.4, -0.2) is 52.3 Å². The van der Waals surface area contributed by atoms with E-state index in [2.05, 4.69) is 5.32 Å². The zero-order chi connectivity index (χ0) is 15.6. The van der Waals surface area contributed by atoms with Crippen molar-refractivity contribution in [1.82, 2.24) is 10.2 Å². The fourth-order valence-electron chi connectivity index (χ4n) is 2.42. The lowest BCUT2D eigenvalue weighted by molar-refractivity contribution is -0.141. The average molecular weight is 312 g/mol. The monoisotopic (exact) mass is 312 g/mol. The predicted octanol–water partition coefficient (Wildman–Crippen LogP) is 1.26. The highest BCUT2D eigenvalue weighted by atomic mass is 32.1. The first-order valence-corrected chi connectivity index (χ1v) is 7.68. The van der Waals surface area contributed by atoms with Crippen LogP contribution in [0.15, 0.2) is 17.5 Å². The molecule has 7 heteroatoms. The van der Waals surface area contributed by atoms with Crippen molar-refractivity contribution in [2.45, 2.75) is 37.8 Å². The first-order chi connectivity index (χ1) is 9.81. The number of nitrogens with zero attached hydrogens (tertiary/aromatic N) is 1. The van der Waals surface area contributed by atoms with E-state index in [0.29, 0.717) is 6.54 Å². The molecule has 0 bridgehead atoms. The summed E-state index contributed by atoms with van der Waals surface area (Å²) in [4.78, 5) is 25.6. The molecule has 0 saturated carbocycles. The summed E-state index contributed by atoms with van der Waals surface area (Å²) in [6, 6.07) is 2.57. The summed E-state index contributed by atoms with van der Waals surface area (Å²) < 4.78 is 0. The van der Waals surface area contributed by atoms with Gasteiger partial charge in [-0.05, 0) is 11.4 Å². The Labute approximate surface area is 127 Å². The maximum absolute atomic E-state index is 12.2. The van der Waals surface area contributed by atoms with Gasteiger partial charge >= 0.3 is 12.0 Å². The Morgan fingerprint density at radius 2 is 2.24 bits per heavy atom. The van der Waals surface area contributed by atoms with E-state index in [1.807, 2.05) is 31.4 Å². The van der Waals surface area contributed by atoms with Crippen LogP contribution < -0.4 is 5.32 Å². The van der Waals surface area contributed by atoms with E-state index in [4.69, 9.17) is 5.11 Å². The van der Waals surface area contributed by atoms with E-state index in [1.165, 1.54) is 4.90 Å². The van der Waals surface area contributed by atoms with Gasteiger partial charge in [0.15, 0.2) is 0 Å². The molecule has 2 amide bonds. The summed E-state index contributed by atoms with van der Waals surface area (Å²) in [7, 11) is 0. The Hall–Kier alpha value is -1.60. The van der Waals surface area contributed by atoms with Crippen molar-refractivity contribution in [2.75, 3.05) is 13.1 Å². The maximum Gasteiger partial charge on any atom is 0.326 e. The van der Waals surface area contributed by atoms with Crippen molar-refractivity contribution in [2.24, 2.45) is 0 Å². The van der Waals surface area contributed by atoms with Gasteiger partial charge in [-0.2, -0.15) is 0 Å². The summed E-state index contributed by atoms with van der Waals surface area (Å²) in [5.41, 5.74) is -0.221. The normalized spacial score (nSPS) is 22.3. The number of thiophene rings is 1. The minimum absolute atomic E-state index is 0.0578. The molecule has 1 aromatic heterocycles. The van der Waals surface area contributed by atoms with E-state index >= 15 is 0 Å². The number of β-amino-alcohol motifs (C(OH)–C–C–N with tert-alkyl or cyclic N) is 1. The average Bonchev–Trinajstić information content (AvgIpc) is 3.05. The molecular weight excluding hydrogens is 292 g/mol. The first-order valence-electron chi connectivity index (χ1n) is 6.80. The third kappa shape index (κ3) is 3.54. The van der Waals surface area contributed by atoms with Crippen molar-refractivity contribution in [3.05, 3.63) is 22.4 Å². The molecule has 0 aliphatic carbocycles. The lowest BCUT2D eigenvalue weighted by atomic mass is 9.91. The molecule has 0 radical (unpaired) electrons. The van der Waals surface area contributed by atoms with Gasteiger partial charge in [0, 0.05) is 29.8 Å². The second kappa shape index (κ2) is 6.03. The molecule has 2 atom stereocenters. The number of aliphatic carboxylic acids is 1. The van der Waals surface area contributed by atoms with Crippen molar-refractivity contribution < 1.29 is 19.8 Å². The molecule has 3 N–H and O–H groups in total. The van der Waals surface area contributed by atoms with Crippen molar-refractivity contribution in [3.63, 3.8) is 0 Å². The summed E-state index contributed by atoms with van der Waals surface area (Å²) in [6.45, 7) is 4.51. The molecule has 2 rings (SSSR count). The van der Waals surface area contributed by atoms with Crippen molar-refractivity contribution in [3.8, 4) is 0 Å². The number of urea groups is 1. The van der Waals surface area contributed by atoms with Gasteiger partial charge in [0.25, 0.3) is 0 Å². The van der Waals surface area contributed by atoms with Crippen LogP contribution in [0.3, 0.4) is 0 Å². The van der Waals surface area contributed by atoms with Crippen LogP contribution in [0, 0.1) is 0 Å². The summed E-state index contributed by atoms with van der Waals surface area (Å²) >= 11 is 1.62. The number of hydrogen-bond donors (Lipinski definition) is 3. The number of carboxylic acids is 1. The number of carbonyl (C=O) groups is 2. The number of amides is 2. The van der Waals surface area contributed by atoms with Gasteiger partial charge in [-0.15, -0.1) is 11.3 Å². The molecule has 1 unspecified atom stereocenters. The third-order valence-electron chi connectivity index (χ3n) is 3.69. The number of rotatable bonds is 4. The molecule has 0 aromatic carbocycles. The first kappa shape index (κ1) is 15.8. The highest BCUT2D eigenvalue weighted by Gasteiger charge is 2.39. The number of carbonyl (C=O) groups excluding carboxylic acids is 1. The number of carboxylic acid groups (broad SMARTS) is 1. The van der Waals surface area contributed by atoms with E-state index in [1.54, 1.807) is 11.3 Å². The molecule has 2 heterocycles. The van der Waals surface area contributed by atoms with Gasteiger partial charge in [-0.25, -0.2) is 9.59 Å². The Bertz CT molecular complexity index is 515. The Morgan fingerprint density at radius 1 is 1.52 bits per heavy atom. The summed E-state index contributed by atoms with van der Waals surface area (Å²) in [5, 5.41) is 23.4. The molecule has 1 aliphatic rings. The largest absolute Gasteiger partial charge is 0.480 e. The lowest BCUT2D eigenvalue weighted by Crippen LogP contribution is -2.48. The Kier molecular flexibility index (Phi) is 4.53. The third-order valence-corrected chi connectivity index (χ3v) is 4.93. The smallest absolute Gasteiger partial charge is 0.326 e. The van der Waals surface area contributed by atoms with E-state index in [9.17, 15) is 14.7 Å². The fraction of sp³-hybridized carbons (Fsp3) is 0.571. The van der Waals surface area contributed by atoms with E-state index < -0.39 is 24.1 Å². The number of nitrogens with one attached hydrogen (secondary N) is 1. The van der Waals surface area contributed by atoms with Gasteiger partial charge in [-0.3, -0.25) is 0 Å². The van der Waals surface area contributed by atoms with Crippen LogP contribution >= 0.6 is 11.3 Å². The zero-order valence-corrected chi connectivity index (χ0v) is 12.9. The van der Waals surface area contributed by atoms with Crippen molar-refractivity contribution >= 4 is 23.3 Å². The predicted molar refractivity (Wildman–Crippen MR) is 79.5 cm³/mol. The van der Waals surface area contributed by atoms with Crippen LogP contribution in [0.5, 0.6) is 0 Å². The van der Waals surface area contributed by atoms with Crippen LogP contribution in [0.25, 0.3) is 0 Å². The maximum atomic E-state index is 12.2. The quantitative estimate of drug-likeness (QED) is 0.780. The molecular formula is C14H20N2O4S. The SMILES string of the molecule is CC(C)(CNC(=O)N1CC(O)C[C@H]1C(=O)O)c1cccs1. The van der Waals surface area contributed by atoms with E-state index in [0.717, 1.165) is 4.88 Å². The Balaban J connectivity index is 1.97. The van der Waals surface area contributed by atoms with E-state index in [-0.39, 0.29) is 18.4 Å². The molecule has 1 saturated heterocycles. The zero-order valence-electron chi connectivity index (χ0n) is 12.1. The number of aliphatic hydroxyl groups is 1. The van der Waals surface area contributed by atoms with Gasteiger partial charge in [-0.1, -0.05) is 19.9 Å². The molecule has 0 spiro atoms. The fourth-order valence-corrected chi connectivity index (χ4v) is 3.27. The molecule has 116 valence electrons. The standard InChI is InChI=1S/C14H20N2O4S/c1-14(2,11-4-3-5-21-11)8-15-13(20)16-7-9(17)6-10(16)12(18)19/h3-5,9-10,17H,6-8H2,1-2H3,(H,15,20)(H,18,19)/t9?,10-/m0/s1. The van der Waals surface area contributed by atoms with Gasteiger partial charge in [0.1, 0.15) is 6.04 Å². The van der Waals surface area contributed by atoms with Crippen LogP contribution in [0.1, 0.15) is 25.1 Å². The van der Waals surface area contributed by atoms with Crippen LogP contribution in [-0.2, 0) is 10.2 Å². The van der Waals surface area contributed by atoms with Crippen LogP contribution in [0.4, 0.5) is 4.79 Å². The van der Waals surface area contributed by atoms with Gasteiger partial charge in [0.2, 0.25) is 0 Å². The second-order valence-corrected chi connectivity index (χ2v) is 6.86. The van der Waals surface area contributed by atoms with Crippen molar-refractivity contribution in [1.29, 1.82) is 0 Å². The highest BCUT2D eigenvalue weighted by Crippen LogP contribution is 2.27. The minimum atomic E-state index is -1.08. The molecule has 1 aromatic rings. The second-order valence-electron chi connectivity index (χ2n) is 5.92. The Morgan fingerprint density at radius 3 is 2.81 bits per heavy atom. The lowest BCUT2D eigenvalue weighted by Gasteiger charge is -2.27. The molecule has 1 aliphatic heterocycles. The number of aliphatic hydroxyl groups excluding tert-OH is 1. The molecule has 6 nitrogen and oxygen atoms in total. The van der Waals surface area contributed by atoms with Gasteiger partial charge < -0.3 is 20.4 Å². The molecule has 21 heavy (non-hydrogen) atoms. The van der Waals surface area contributed by atoms with Crippen LogP contribution in [0.2, 0.25) is 0 Å². The highest BCUT2D eigenvalue weighted by molar-refractivity contribution is 7.10. The number of hydrogen-bond acceptors (Lipinski definition) is 4. The summed E-state index contributed by atoms with van der Waals surface area (Å²) in [5.74, 6) is -1.08. The molecule has 1 fully saturated rings. The minimum Gasteiger partial charge on any atom is -0.480 e. The van der Waals surface area contributed by atoms with Gasteiger partial charge in [0.05, 0.1) is 6.10 Å². The summed E-state index contributed by atoms with van der Waals surface area (Å²) in [6.07, 6.45) is -0.695. The topological polar surface area (TPSA) is 89.9 Å².